The molecule has 1 saturated heterocycles. The van der Waals surface area contributed by atoms with Gasteiger partial charge in [-0.25, -0.2) is 0 Å². The van der Waals surface area contributed by atoms with Crippen molar-refractivity contribution in [1.29, 1.82) is 0 Å². The van der Waals surface area contributed by atoms with Crippen molar-refractivity contribution in [2.75, 3.05) is 35.8 Å². The molecule has 0 bridgehead atoms. The van der Waals surface area contributed by atoms with Crippen LogP contribution in [-0.2, 0) is 4.79 Å². The molecule has 1 fully saturated rings. The number of hydrogen-bond acceptors (Lipinski definition) is 5. The van der Waals surface area contributed by atoms with Gasteiger partial charge in [0, 0.05) is 43.3 Å². The van der Waals surface area contributed by atoms with Crippen LogP contribution in [0.1, 0.15) is 28.8 Å². The highest BCUT2D eigenvalue weighted by molar-refractivity contribution is 6.18. The second-order valence-electron chi connectivity index (χ2n) is 8.13. The lowest BCUT2D eigenvalue weighted by Crippen LogP contribution is -2.66. The molecular weight excluding hydrogens is 362 g/mol. The fraction of sp³-hybridized carbons (Fsp3) is 0.333. The first-order valence-electron chi connectivity index (χ1n) is 10.0. The van der Waals surface area contributed by atoms with Crippen molar-refractivity contribution in [3.8, 4) is 0 Å². The summed E-state index contributed by atoms with van der Waals surface area (Å²) in [6.45, 7) is 6.44. The number of rotatable bonds is 4. The summed E-state index contributed by atoms with van der Waals surface area (Å²) in [4.78, 5) is 30.8. The van der Waals surface area contributed by atoms with Gasteiger partial charge in [0.2, 0.25) is 5.78 Å². The Labute approximate surface area is 172 Å². The number of carbonyl (C=O) groups is 2. The minimum atomic E-state index is -1.12. The number of nitrogens with zero attached hydrogens (tertiary/aromatic N) is 2. The average Bonchev–Trinajstić information content (AvgIpc) is 3.00. The predicted octanol–water partition coefficient (Wildman–Crippen LogP) is 4.04. The molecule has 5 nitrogen and oxygen atoms in total. The molecule has 5 heteroatoms. The van der Waals surface area contributed by atoms with Crippen LogP contribution in [-0.4, -0.2) is 37.9 Å². The van der Waals surface area contributed by atoms with Crippen LogP contribution < -0.4 is 15.1 Å². The molecule has 150 valence electrons. The third-order valence-electron chi connectivity index (χ3n) is 6.13. The Morgan fingerprint density at radius 1 is 1.24 bits per heavy atom. The molecule has 0 amide bonds. The van der Waals surface area contributed by atoms with Crippen molar-refractivity contribution >= 4 is 28.6 Å². The molecule has 2 aromatic rings. The van der Waals surface area contributed by atoms with Crippen LogP contribution in [0.5, 0.6) is 0 Å². The van der Waals surface area contributed by atoms with Crippen LogP contribution in [0.4, 0.5) is 17.1 Å². The highest BCUT2D eigenvalue weighted by atomic mass is 16.1. The summed E-state index contributed by atoms with van der Waals surface area (Å²) >= 11 is 0. The van der Waals surface area contributed by atoms with E-state index in [1.54, 1.807) is 0 Å². The van der Waals surface area contributed by atoms with Crippen LogP contribution >= 0.6 is 0 Å². The number of fused-ring (bicyclic) bond motifs is 1. The standard InChI is InChI=1S/C24H27N3O2/c1-5-22(28)20-7-6-14-27(17-10-8-16(2)9-11-17)24(20)23(29)19-13-12-18(26(3)4)15-21(19)25-24/h5,8-13,15,20,25H,1,6-7,14H2,2-4H3. The van der Waals surface area contributed by atoms with E-state index in [-0.39, 0.29) is 11.6 Å². The van der Waals surface area contributed by atoms with E-state index >= 15 is 0 Å². The lowest BCUT2D eigenvalue weighted by Gasteiger charge is -2.49. The molecule has 0 aliphatic carbocycles. The van der Waals surface area contributed by atoms with Crippen molar-refractivity contribution in [3.05, 3.63) is 66.2 Å². The quantitative estimate of drug-likeness (QED) is 0.800. The topological polar surface area (TPSA) is 52.7 Å². The van der Waals surface area contributed by atoms with Crippen molar-refractivity contribution < 1.29 is 9.59 Å². The number of benzene rings is 2. The van der Waals surface area contributed by atoms with Gasteiger partial charge in [-0.2, -0.15) is 0 Å². The van der Waals surface area contributed by atoms with Gasteiger partial charge in [-0.3, -0.25) is 9.59 Å². The minimum Gasteiger partial charge on any atom is -0.378 e. The Bertz CT molecular complexity index is 980. The number of allylic oxidation sites excluding steroid dienone is 1. The van der Waals surface area contributed by atoms with E-state index < -0.39 is 11.6 Å². The maximum absolute atomic E-state index is 13.8. The van der Waals surface area contributed by atoms with Gasteiger partial charge in [0.1, 0.15) is 0 Å². The first-order chi connectivity index (χ1) is 13.9. The van der Waals surface area contributed by atoms with E-state index in [0.717, 1.165) is 29.0 Å². The van der Waals surface area contributed by atoms with E-state index in [0.29, 0.717) is 18.5 Å². The molecule has 2 aromatic carbocycles. The molecule has 2 unspecified atom stereocenters. The lowest BCUT2D eigenvalue weighted by atomic mass is 9.77. The van der Waals surface area contributed by atoms with Crippen LogP contribution in [0.15, 0.2) is 55.1 Å². The highest BCUT2D eigenvalue weighted by Gasteiger charge is 2.58. The fourth-order valence-electron chi connectivity index (χ4n) is 4.59. The third-order valence-corrected chi connectivity index (χ3v) is 6.13. The maximum atomic E-state index is 13.8. The van der Waals surface area contributed by atoms with Crippen molar-refractivity contribution in [3.63, 3.8) is 0 Å². The van der Waals surface area contributed by atoms with Crippen molar-refractivity contribution in [2.24, 2.45) is 5.92 Å². The van der Waals surface area contributed by atoms with Crippen molar-refractivity contribution in [1.82, 2.24) is 0 Å². The average molecular weight is 389 g/mol. The molecule has 0 saturated carbocycles. The van der Waals surface area contributed by atoms with Gasteiger partial charge in [0.25, 0.3) is 0 Å². The highest BCUT2D eigenvalue weighted by Crippen LogP contribution is 2.46. The molecular formula is C24H27N3O2. The molecule has 0 aromatic heterocycles. The number of ketones is 2. The Hall–Kier alpha value is -3.08. The summed E-state index contributed by atoms with van der Waals surface area (Å²) in [6.07, 6.45) is 2.85. The Morgan fingerprint density at radius 2 is 1.97 bits per heavy atom. The second kappa shape index (κ2) is 7.07. The maximum Gasteiger partial charge on any atom is 0.211 e. The van der Waals surface area contributed by atoms with Crippen LogP contribution in [0, 0.1) is 12.8 Å². The summed E-state index contributed by atoms with van der Waals surface area (Å²) in [5.41, 5.74) is 3.40. The second-order valence-corrected chi connectivity index (χ2v) is 8.13. The van der Waals surface area contributed by atoms with E-state index in [9.17, 15) is 9.59 Å². The summed E-state index contributed by atoms with van der Waals surface area (Å²) in [5, 5.41) is 3.50. The number of hydrogen-bond donors (Lipinski definition) is 1. The smallest absolute Gasteiger partial charge is 0.211 e. The number of anilines is 3. The molecule has 4 rings (SSSR count). The normalized spacial score (nSPS) is 22.9. The van der Waals surface area contributed by atoms with Gasteiger partial charge in [-0.15, -0.1) is 0 Å². The van der Waals surface area contributed by atoms with Gasteiger partial charge in [-0.1, -0.05) is 24.3 Å². The van der Waals surface area contributed by atoms with Gasteiger partial charge in [0.05, 0.1) is 5.92 Å². The molecule has 2 aliphatic heterocycles. The zero-order chi connectivity index (χ0) is 20.8. The minimum absolute atomic E-state index is 0.0433. The van der Waals surface area contributed by atoms with Crippen LogP contribution in [0.25, 0.3) is 0 Å². The SMILES string of the molecule is C=CC(=O)C1CCCN(c2ccc(C)cc2)C12Nc1cc(N(C)C)ccc1C2=O. The Morgan fingerprint density at radius 3 is 2.62 bits per heavy atom. The number of Topliss-reactive ketones (excluding diaryl/α,β-unsaturated/α-hetero) is 1. The predicted molar refractivity (Wildman–Crippen MR) is 118 cm³/mol. The first kappa shape index (κ1) is 19.2. The molecule has 2 heterocycles. The van der Waals surface area contributed by atoms with E-state index in [4.69, 9.17) is 0 Å². The first-order valence-corrected chi connectivity index (χ1v) is 10.0. The molecule has 29 heavy (non-hydrogen) atoms. The monoisotopic (exact) mass is 389 g/mol. The zero-order valence-corrected chi connectivity index (χ0v) is 17.2. The Balaban J connectivity index is 1.87. The van der Waals surface area contributed by atoms with E-state index in [1.807, 2.05) is 68.4 Å². The molecule has 2 aliphatic rings. The van der Waals surface area contributed by atoms with Crippen molar-refractivity contribution in [2.45, 2.75) is 25.4 Å². The summed E-state index contributed by atoms with van der Waals surface area (Å²) in [5.74, 6) is -0.626. The fourth-order valence-corrected chi connectivity index (χ4v) is 4.59. The molecule has 0 radical (unpaired) electrons. The molecule has 1 N–H and O–H groups in total. The zero-order valence-electron chi connectivity index (χ0n) is 17.2. The number of carbonyl (C=O) groups excluding carboxylic acids is 2. The van der Waals surface area contributed by atoms with Gasteiger partial charge < -0.3 is 15.1 Å². The van der Waals surface area contributed by atoms with E-state index in [2.05, 4.69) is 16.8 Å². The van der Waals surface area contributed by atoms with Gasteiger partial charge >= 0.3 is 0 Å². The summed E-state index contributed by atoms with van der Waals surface area (Å²) < 4.78 is 0. The summed E-state index contributed by atoms with van der Waals surface area (Å²) in [6, 6.07) is 13.9. The lowest BCUT2D eigenvalue weighted by molar-refractivity contribution is -0.120. The number of nitrogens with one attached hydrogen (secondary N) is 1. The Kier molecular flexibility index (Phi) is 4.69. The van der Waals surface area contributed by atoms with Gasteiger partial charge in [0.15, 0.2) is 11.4 Å². The third kappa shape index (κ3) is 2.92. The summed E-state index contributed by atoms with van der Waals surface area (Å²) in [7, 11) is 3.94. The molecule has 2 atom stereocenters. The van der Waals surface area contributed by atoms with E-state index in [1.165, 1.54) is 6.08 Å². The van der Waals surface area contributed by atoms with Gasteiger partial charge in [-0.05, 0) is 56.2 Å². The largest absolute Gasteiger partial charge is 0.378 e. The van der Waals surface area contributed by atoms with Crippen LogP contribution in [0.3, 0.4) is 0 Å². The molecule has 1 spiro atoms. The number of aryl methyl sites for hydroxylation is 1. The van der Waals surface area contributed by atoms with Crippen LogP contribution in [0.2, 0.25) is 0 Å². The number of piperidine rings is 1.